The largest absolute Gasteiger partial charge is 0.494 e. The first kappa shape index (κ1) is 16.0. The minimum absolute atomic E-state index is 0.200. The van der Waals surface area contributed by atoms with E-state index in [4.69, 9.17) is 4.74 Å². The Bertz CT molecular complexity index is 388. The van der Waals surface area contributed by atoms with E-state index in [2.05, 4.69) is 19.9 Å². The van der Waals surface area contributed by atoms with Gasteiger partial charge < -0.3 is 14.9 Å². The van der Waals surface area contributed by atoms with Crippen LogP contribution in [0.4, 0.5) is 0 Å². The van der Waals surface area contributed by atoms with Crippen LogP contribution < -0.4 is 4.74 Å². The number of benzene rings is 1. The Morgan fingerprint density at radius 2 is 1.89 bits per heavy atom. The maximum absolute atomic E-state index is 9.89. The van der Waals surface area contributed by atoms with Gasteiger partial charge in [0.2, 0.25) is 0 Å². The first-order valence-corrected chi connectivity index (χ1v) is 7.09. The van der Waals surface area contributed by atoms with Crippen molar-refractivity contribution in [3.8, 4) is 5.75 Å². The Morgan fingerprint density at radius 1 is 1.21 bits per heavy atom. The second kappa shape index (κ2) is 7.51. The highest BCUT2D eigenvalue weighted by atomic mass is 16.5. The fourth-order valence-electron chi connectivity index (χ4n) is 2.28. The number of aliphatic hydroxyl groups excluding tert-OH is 2. The van der Waals surface area contributed by atoms with Crippen LogP contribution in [0.1, 0.15) is 50.7 Å². The van der Waals surface area contributed by atoms with Gasteiger partial charge in [0.15, 0.2) is 0 Å². The Kier molecular flexibility index (Phi) is 6.32. The Balaban J connectivity index is 2.98. The third-order valence-electron chi connectivity index (χ3n) is 3.48. The highest BCUT2D eigenvalue weighted by molar-refractivity contribution is 5.39. The molecule has 19 heavy (non-hydrogen) atoms. The van der Waals surface area contributed by atoms with Crippen LogP contribution in [-0.2, 0) is 0 Å². The van der Waals surface area contributed by atoms with Gasteiger partial charge in [0.05, 0.1) is 18.8 Å². The molecule has 0 radical (unpaired) electrons. The van der Waals surface area contributed by atoms with Gasteiger partial charge in [0.25, 0.3) is 0 Å². The lowest BCUT2D eigenvalue weighted by molar-refractivity contribution is 0.0213. The summed E-state index contributed by atoms with van der Waals surface area (Å²) < 4.78 is 5.67. The molecular weight excluding hydrogens is 240 g/mol. The van der Waals surface area contributed by atoms with Crippen LogP contribution in [-0.4, -0.2) is 29.0 Å². The molecule has 0 fully saturated rings. The number of rotatable bonds is 7. The summed E-state index contributed by atoms with van der Waals surface area (Å²) in [5.74, 6) is 1.09. The summed E-state index contributed by atoms with van der Waals surface area (Å²) in [6.45, 7) is 8.37. The molecule has 0 saturated heterocycles. The predicted octanol–water partition coefficient (Wildman–Crippen LogP) is 3.02. The minimum atomic E-state index is -0.700. The molecule has 2 N–H and O–H groups in total. The highest BCUT2D eigenvalue weighted by Crippen LogP contribution is 2.33. The summed E-state index contributed by atoms with van der Waals surface area (Å²) >= 11 is 0. The number of aryl methyl sites for hydroxylation is 1. The van der Waals surface area contributed by atoms with Crippen molar-refractivity contribution >= 4 is 0 Å². The maximum Gasteiger partial charge on any atom is 0.122 e. The molecular formula is C16H26O3. The van der Waals surface area contributed by atoms with E-state index in [1.54, 1.807) is 6.92 Å². The molecule has 0 heterocycles. The van der Waals surface area contributed by atoms with Crippen molar-refractivity contribution in [1.29, 1.82) is 0 Å². The topological polar surface area (TPSA) is 49.7 Å². The molecule has 1 aromatic rings. The van der Waals surface area contributed by atoms with Crippen molar-refractivity contribution in [2.45, 2.75) is 58.7 Å². The van der Waals surface area contributed by atoms with Crippen molar-refractivity contribution in [2.24, 2.45) is 0 Å². The van der Waals surface area contributed by atoms with Gasteiger partial charge in [-0.05, 0) is 51.2 Å². The lowest BCUT2D eigenvalue weighted by Crippen LogP contribution is -2.25. The number of hydrogen-bond acceptors (Lipinski definition) is 3. The zero-order valence-corrected chi connectivity index (χ0v) is 12.4. The molecule has 108 valence electrons. The van der Waals surface area contributed by atoms with E-state index in [1.807, 2.05) is 19.1 Å². The van der Waals surface area contributed by atoms with E-state index in [0.29, 0.717) is 13.0 Å². The van der Waals surface area contributed by atoms with Crippen LogP contribution >= 0.6 is 0 Å². The molecule has 0 saturated carbocycles. The summed E-state index contributed by atoms with van der Waals surface area (Å²) in [6.07, 6.45) is 0.0692. The fourth-order valence-corrected chi connectivity index (χ4v) is 2.28. The van der Waals surface area contributed by atoms with Crippen LogP contribution in [0.15, 0.2) is 18.2 Å². The molecule has 3 unspecified atom stereocenters. The molecule has 3 nitrogen and oxygen atoms in total. The third-order valence-corrected chi connectivity index (χ3v) is 3.48. The van der Waals surface area contributed by atoms with E-state index in [-0.39, 0.29) is 5.92 Å². The number of aliphatic hydroxyl groups is 2. The van der Waals surface area contributed by atoms with Gasteiger partial charge in [-0.1, -0.05) is 24.6 Å². The van der Waals surface area contributed by atoms with E-state index >= 15 is 0 Å². The van der Waals surface area contributed by atoms with Gasteiger partial charge in [-0.15, -0.1) is 0 Å². The van der Waals surface area contributed by atoms with Crippen LogP contribution in [0.2, 0.25) is 0 Å². The summed E-state index contributed by atoms with van der Waals surface area (Å²) in [7, 11) is 0. The smallest absolute Gasteiger partial charge is 0.122 e. The van der Waals surface area contributed by atoms with E-state index < -0.39 is 12.2 Å². The highest BCUT2D eigenvalue weighted by Gasteiger charge is 2.21. The first-order chi connectivity index (χ1) is 8.99. The van der Waals surface area contributed by atoms with Gasteiger partial charge >= 0.3 is 0 Å². The van der Waals surface area contributed by atoms with Crippen molar-refractivity contribution in [3.63, 3.8) is 0 Å². The van der Waals surface area contributed by atoms with Crippen LogP contribution in [0, 0.1) is 6.92 Å². The lowest BCUT2D eigenvalue weighted by Gasteiger charge is -2.23. The van der Waals surface area contributed by atoms with Gasteiger partial charge in [-0.2, -0.15) is 0 Å². The summed E-state index contributed by atoms with van der Waals surface area (Å²) in [6, 6.07) is 6.14. The molecule has 0 aliphatic rings. The zero-order valence-electron chi connectivity index (χ0n) is 12.4. The monoisotopic (exact) mass is 266 g/mol. The van der Waals surface area contributed by atoms with Gasteiger partial charge in [-0.25, -0.2) is 0 Å². The van der Waals surface area contributed by atoms with Crippen LogP contribution in [0.5, 0.6) is 5.75 Å². The van der Waals surface area contributed by atoms with Crippen molar-refractivity contribution in [1.82, 2.24) is 0 Å². The molecule has 1 rings (SSSR count). The SMILES string of the molecule is CCOc1ccc(C)cc1C(CC)CC(O)C(C)O. The second-order valence-electron chi connectivity index (χ2n) is 5.12. The minimum Gasteiger partial charge on any atom is -0.494 e. The average Bonchev–Trinajstić information content (AvgIpc) is 2.38. The van der Waals surface area contributed by atoms with Gasteiger partial charge in [-0.3, -0.25) is 0 Å². The maximum atomic E-state index is 9.89. The van der Waals surface area contributed by atoms with E-state index in [9.17, 15) is 10.2 Å². The van der Waals surface area contributed by atoms with Crippen molar-refractivity contribution in [3.05, 3.63) is 29.3 Å². The third kappa shape index (κ3) is 4.51. The van der Waals surface area contributed by atoms with Crippen molar-refractivity contribution in [2.75, 3.05) is 6.61 Å². The van der Waals surface area contributed by atoms with Gasteiger partial charge in [0.1, 0.15) is 5.75 Å². The fraction of sp³-hybridized carbons (Fsp3) is 0.625. The molecule has 0 spiro atoms. The first-order valence-electron chi connectivity index (χ1n) is 7.09. The molecule has 0 amide bonds. The molecule has 0 aromatic heterocycles. The quantitative estimate of drug-likeness (QED) is 0.797. The van der Waals surface area contributed by atoms with E-state index in [1.165, 1.54) is 5.56 Å². The van der Waals surface area contributed by atoms with Crippen LogP contribution in [0.3, 0.4) is 0 Å². The number of hydrogen-bond donors (Lipinski definition) is 2. The van der Waals surface area contributed by atoms with Gasteiger partial charge in [0, 0.05) is 0 Å². The lowest BCUT2D eigenvalue weighted by atomic mass is 9.88. The second-order valence-corrected chi connectivity index (χ2v) is 5.12. The molecule has 3 atom stereocenters. The average molecular weight is 266 g/mol. The normalized spacial score (nSPS) is 15.9. The summed E-state index contributed by atoms with van der Waals surface area (Å²) in [5.41, 5.74) is 2.31. The molecule has 3 heteroatoms. The van der Waals surface area contributed by atoms with Crippen molar-refractivity contribution < 1.29 is 14.9 Å². The molecule has 0 bridgehead atoms. The number of ether oxygens (including phenoxy) is 1. The predicted molar refractivity (Wildman–Crippen MR) is 77.7 cm³/mol. The Hall–Kier alpha value is -1.06. The Labute approximate surface area is 116 Å². The molecule has 0 aliphatic carbocycles. The van der Waals surface area contributed by atoms with Crippen LogP contribution in [0.25, 0.3) is 0 Å². The summed E-state index contributed by atoms with van der Waals surface area (Å²) in [5, 5.41) is 19.3. The summed E-state index contributed by atoms with van der Waals surface area (Å²) in [4.78, 5) is 0. The zero-order chi connectivity index (χ0) is 14.4. The van der Waals surface area contributed by atoms with E-state index in [0.717, 1.165) is 17.7 Å². The Morgan fingerprint density at radius 3 is 2.42 bits per heavy atom. The molecule has 1 aromatic carbocycles. The molecule has 0 aliphatic heterocycles. The standard InChI is InChI=1S/C16H26O3/c1-5-13(10-15(18)12(4)17)14-9-11(3)7-8-16(14)19-6-2/h7-9,12-13,15,17-18H,5-6,10H2,1-4H3.